The highest BCUT2D eigenvalue weighted by molar-refractivity contribution is 5.82. The van der Waals surface area contributed by atoms with Gasteiger partial charge in [0.05, 0.1) is 5.52 Å². The minimum Gasteiger partial charge on any atom is -0.384 e. The van der Waals surface area contributed by atoms with Gasteiger partial charge in [-0.15, -0.1) is 0 Å². The maximum absolute atomic E-state index is 14.0. The summed E-state index contributed by atoms with van der Waals surface area (Å²) in [7, 11) is 0. The van der Waals surface area contributed by atoms with Crippen molar-refractivity contribution in [2.24, 2.45) is 0 Å². The molecule has 106 valence electrons. The number of aliphatic hydroxyl groups is 1. The number of aromatic nitrogens is 1. The van der Waals surface area contributed by atoms with E-state index in [1.165, 1.54) is 19.1 Å². The smallest absolute Gasteiger partial charge is 0.165 e. The SMILES string of the molecule is Cc1ccc(C(O)c2cccc3ncccc23)c(F)c1F. The molecule has 0 aliphatic heterocycles. The van der Waals surface area contributed by atoms with Crippen molar-refractivity contribution in [1.82, 2.24) is 4.98 Å². The van der Waals surface area contributed by atoms with Crippen LogP contribution in [0.3, 0.4) is 0 Å². The van der Waals surface area contributed by atoms with Crippen LogP contribution < -0.4 is 0 Å². The van der Waals surface area contributed by atoms with Gasteiger partial charge < -0.3 is 5.11 Å². The summed E-state index contributed by atoms with van der Waals surface area (Å²) in [5.74, 6) is -1.94. The Morgan fingerprint density at radius 1 is 0.952 bits per heavy atom. The average Bonchev–Trinajstić information content (AvgIpc) is 2.51. The fraction of sp³-hybridized carbons (Fsp3) is 0.118. The zero-order chi connectivity index (χ0) is 15.0. The minimum atomic E-state index is -1.24. The number of nitrogens with zero attached hydrogens (tertiary/aromatic N) is 1. The van der Waals surface area contributed by atoms with E-state index >= 15 is 0 Å². The Labute approximate surface area is 120 Å². The van der Waals surface area contributed by atoms with Gasteiger partial charge in [-0.2, -0.15) is 0 Å². The molecule has 1 heterocycles. The number of aryl methyl sites for hydroxylation is 1. The van der Waals surface area contributed by atoms with E-state index in [4.69, 9.17) is 0 Å². The van der Waals surface area contributed by atoms with Gasteiger partial charge in [-0.1, -0.05) is 30.3 Å². The molecule has 1 aromatic heterocycles. The second kappa shape index (κ2) is 5.22. The predicted octanol–water partition coefficient (Wildman–Crippen LogP) is 3.90. The van der Waals surface area contributed by atoms with Crippen molar-refractivity contribution in [2.45, 2.75) is 13.0 Å². The normalized spacial score (nSPS) is 12.6. The summed E-state index contributed by atoms with van der Waals surface area (Å²) >= 11 is 0. The Morgan fingerprint density at radius 3 is 2.57 bits per heavy atom. The van der Waals surface area contributed by atoms with Crippen molar-refractivity contribution in [3.8, 4) is 0 Å². The summed E-state index contributed by atoms with van der Waals surface area (Å²) in [5, 5.41) is 11.2. The first-order valence-electron chi connectivity index (χ1n) is 6.56. The number of hydrogen-bond acceptors (Lipinski definition) is 2. The molecule has 4 heteroatoms. The molecule has 1 N–H and O–H groups in total. The molecule has 0 saturated heterocycles. The van der Waals surface area contributed by atoms with Crippen LogP contribution in [0.1, 0.15) is 22.8 Å². The summed E-state index contributed by atoms with van der Waals surface area (Å²) in [6.45, 7) is 1.48. The molecule has 0 saturated carbocycles. The van der Waals surface area contributed by atoms with Gasteiger partial charge in [0.1, 0.15) is 6.10 Å². The van der Waals surface area contributed by atoms with Crippen molar-refractivity contribution in [2.75, 3.05) is 0 Å². The van der Waals surface area contributed by atoms with Gasteiger partial charge in [0.25, 0.3) is 0 Å². The second-order valence-electron chi connectivity index (χ2n) is 4.92. The molecule has 0 aliphatic rings. The van der Waals surface area contributed by atoms with Gasteiger partial charge in [-0.05, 0) is 30.2 Å². The Kier molecular flexibility index (Phi) is 3.39. The van der Waals surface area contributed by atoms with Gasteiger partial charge in [0, 0.05) is 17.1 Å². The molecular formula is C17H13F2NO. The lowest BCUT2D eigenvalue weighted by Crippen LogP contribution is -2.06. The van der Waals surface area contributed by atoms with E-state index in [9.17, 15) is 13.9 Å². The Bertz CT molecular complexity index is 812. The number of pyridine rings is 1. The Hall–Kier alpha value is -2.33. The summed E-state index contributed by atoms with van der Waals surface area (Å²) in [6, 6.07) is 11.6. The molecule has 0 aliphatic carbocycles. The zero-order valence-electron chi connectivity index (χ0n) is 11.3. The first-order valence-corrected chi connectivity index (χ1v) is 6.56. The lowest BCUT2D eigenvalue weighted by atomic mass is 9.96. The van der Waals surface area contributed by atoms with E-state index in [1.807, 2.05) is 0 Å². The minimum absolute atomic E-state index is 0.0746. The number of halogens is 2. The molecule has 0 bridgehead atoms. The molecule has 1 atom stereocenters. The largest absolute Gasteiger partial charge is 0.384 e. The molecule has 0 fully saturated rings. The highest BCUT2D eigenvalue weighted by atomic mass is 19.2. The number of rotatable bonds is 2. The molecule has 3 rings (SSSR count). The van der Waals surface area contributed by atoms with Gasteiger partial charge >= 0.3 is 0 Å². The van der Waals surface area contributed by atoms with E-state index in [-0.39, 0.29) is 11.1 Å². The highest BCUT2D eigenvalue weighted by Gasteiger charge is 2.20. The van der Waals surface area contributed by atoms with E-state index in [2.05, 4.69) is 4.98 Å². The first kappa shape index (κ1) is 13.6. The summed E-state index contributed by atoms with van der Waals surface area (Å²) < 4.78 is 27.7. The van der Waals surface area contributed by atoms with Crippen LogP contribution in [0.15, 0.2) is 48.7 Å². The third kappa shape index (κ3) is 2.28. The molecule has 0 amide bonds. The lowest BCUT2D eigenvalue weighted by molar-refractivity contribution is 0.214. The standard InChI is InChI=1S/C17H13F2NO/c1-10-7-8-13(16(19)15(10)18)17(21)12-4-2-6-14-11(12)5-3-9-20-14/h2-9,17,21H,1H3. The number of fused-ring (bicyclic) bond motifs is 1. The van der Waals surface area contributed by atoms with E-state index in [0.717, 1.165) is 0 Å². The van der Waals surface area contributed by atoms with Gasteiger partial charge in [0.15, 0.2) is 11.6 Å². The summed E-state index contributed by atoms with van der Waals surface area (Å²) in [6.07, 6.45) is 0.401. The van der Waals surface area contributed by atoms with Crippen molar-refractivity contribution in [3.05, 3.63) is 77.0 Å². The Balaban J connectivity index is 2.17. The van der Waals surface area contributed by atoms with E-state index in [0.29, 0.717) is 16.5 Å². The van der Waals surface area contributed by atoms with E-state index in [1.54, 1.807) is 36.5 Å². The number of hydrogen-bond donors (Lipinski definition) is 1. The van der Waals surface area contributed by atoms with Crippen LogP contribution in [0.5, 0.6) is 0 Å². The van der Waals surface area contributed by atoms with Crippen LogP contribution >= 0.6 is 0 Å². The Morgan fingerprint density at radius 2 is 1.76 bits per heavy atom. The third-order valence-corrected chi connectivity index (χ3v) is 3.57. The summed E-state index contributed by atoms with van der Waals surface area (Å²) in [5.41, 5.74) is 1.34. The quantitative estimate of drug-likeness (QED) is 0.774. The van der Waals surface area contributed by atoms with Gasteiger partial charge in [-0.3, -0.25) is 4.98 Å². The molecule has 2 aromatic carbocycles. The van der Waals surface area contributed by atoms with Gasteiger partial charge in [0.2, 0.25) is 0 Å². The molecule has 0 spiro atoms. The first-order chi connectivity index (χ1) is 10.1. The van der Waals surface area contributed by atoms with Crippen LogP contribution in [-0.2, 0) is 0 Å². The topological polar surface area (TPSA) is 33.1 Å². The van der Waals surface area contributed by atoms with Crippen molar-refractivity contribution >= 4 is 10.9 Å². The van der Waals surface area contributed by atoms with Crippen molar-refractivity contribution < 1.29 is 13.9 Å². The van der Waals surface area contributed by atoms with Crippen LogP contribution in [0, 0.1) is 18.6 Å². The summed E-state index contributed by atoms with van der Waals surface area (Å²) in [4.78, 5) is 4.19. The van der Waals surface area contributed by atoms with E-state index < -0.39 is 17.7 Å². The lowest BCUT2D eigenvalue weighted by Gasteiger charge is -2.15. The zero-order valence-corrected chi connectivity index (χ0v) is 11.3. The molecular weight excluding hydrogens is 272 g/mol. The average molecular weight is 285 g/mol. The van der Waals surface area contributed by atoms with Crippen LogP contribution in [-0.4, -0.2) is 10.1 Å². The predicted molar refractivity (Wildman–Crippen MR) is 76.9 cm³/mol. The maximum atomic E-state index is 14.0. The molecule has 3 aromatic rings. The van der Waals surface area contributed by atoms with Crippen LogP contribution in [0.2, 0.25) is 0 Å². The molecule has 21 heavy (non-hydrogen) atoms. The second-order valence-corrected chi connectivity index (χ2v) is 4.92. The molecule has 1 unspecified atom stereocenters. The number of benzene rings is 2. The van der Waals surface area contributed by atoms with Crippen LogP contribution in [0.4, 0.5) is 8.78 Å². The van der Waals surface area contributed by atoms with Crippen molar-refractivity contribution in [1.29, 1.82) is 0 Å². The van der Waals surface area contributed by atoms with Crippen LogP contribution in [0.25, 0.3) is 10.9 Å². The monoisotopic (exact) mass is 285 g/mol. The van der Waals surface area contributed by atoms with Crippen molar-refractivity contribution in [3.63, 3.8) is 0 Å². The number of aliphatic hydroxyl groups excluding tert-OH is 1. The maximum Gasteiger partial charge on any atom is 0.165 e. The third-order valence-electron chi connectivity index (χ3n) is 3.57. The molecule has 2 nitrogen and oxygen atoms in total. The highest BCUT2D eigenvalue weighted by Crippen LogP contribution is 2.30. The molecule has 0 radical (unpaired) electrons. The fourth-order valence-corrected chi connectivity index (χ4v) is 2.41. The fourth-order valence-electron chi connectivity index (χ4n) is 2.41. The van der Waals surface area contributed by atoms with Gasteiger partial charge in [-0.25, -0.2) is 8.78 Å².